The van der Waals surface area contributed by atoms with E-state index in [2.05, 4.69) is 6.58 Å². The monoisotopic (exact) mass is 403 g/mol. The van der Waals surface area contributed by atoms with E-state index in [1.54, 1.807) is 18.9 Å². The van der Waals surface area contributed by atoms with Gasteiger partial charge in [0.15, 0.2) is 11.5 Å². The van der Waals surface area contributed by atoms with Crippen LogP contribution in [0, 0.1) is 0 Å². The first-order valence-electron chi connectivity index (χ1n) is 9.94. The van der Waals surface area contributed by atoms with Crippen molar-refractivity contribution in [2.45, 2.75) is 12.8 Å². The zero-order valence-corrected chi connectivity index (χ0v) is 17.3. The molecule has 1 amide bonds. The lowest BCUT2D eigenvalue weighted by Crippen LogP contribution is -2.36. The minimum absolute atomic E-state index is 0.0190. The molecule has 0 unspecified atom stereocenters. The van der Waals surface area contributed by atoms with Gasteiger partial charge in [0.05, 0.1) is 25.5 Å². The number of hydrogen-bond acceptors (Lipinski definition) is 4. The third-order valence-corrected chi connectivity index (χ3v) is 5.38. The highest BCUT2D eigenvalue weighted by atomic mass is 16.5. The average molecular weight is 403 g/mol. The Kier molecular flexibility index (Phi) is 5.57. The van der Waals surface area contributed by atoms with Gasteiger partial charge < -0.3 is 14.4 Å². The molecule has 0 saturated carbocycles. The Morgan fingerprint density at radius 1 is 1.00 bits per heavy atom. The number of ether oxygens (including phenoxy) is 2. The van der Waals surface area contributed by atoms with Crippen molar-refractivity contribution >= 4 is 5.91 Å². The van der Waals surface area contributed by atoms with Gasteiger partial charge in [-0.25, -0.2) is 4.68 Å². The number of carbonyl (C=O) groups excluding carboxylic acids is 1. The molecular weight excluding hydrogens is 378 g/mol. The molecule has 6 nitrogen and oxygen atoms in total. The average Bonchev–Trinajstić information content (AvgIpc) is 3.24. The molecule has 6 heteroatoms. The Morgan fingerprint density at radius 2 is 1.70 bits per heavy atom. The number of amides is 1. The summed E-state index contributed by atoms with van der Waals surface area (Å²) in [5.41, 5.74) is 4.07. The zero-order valence-electron chi connectivity index (χ0n) is 17.3. The Balaban J connectivity index is 1.79. The standard InChI is InChI=1S/C24H25N3O3/c1-17-11-13-26(14-12-17)24(28)20-16-27(19-7-5-4-6-8-19)25-23(20)18-9-10-21(29-2)22(15-18)30-3/h4-10,15-16H,1,11-14H2,2-3H3. The predicted octanol–water partition coefficient (Wildman–Crippen LogP) is 4.35. The van der Waals surface area contributed by atoms with Crippen molar-refractivity contribution in [3.05, 3.63) is 72.4 Å². The molecule has 2 aromatic carbocycles. The van der Waals surface area contributed by atoms with Gasteiger partial charge in [-0.3, -0.25) is 4.79 Å². The van der Waals surface area contributed by atoms with E-state index in [4.69, 9.17) is 14.6 Å². The van der Waals surface area contributed by atoms with E-state index in [-0.39, 0.29) is 5.91 Å². The number of benzene rings is 2. The summed E-state index contributed by atoms with van der Waals surface area (Å²) in [6, 6.07) is 15.4. The molecule has 30 heavy (non-hydrogen) atoms. The van der Waals surface area contributed by atoms with Crippen LogP contribution in [0.4, 0.5) is 0 Å². The first kappa shape index (κ1) is 19.8. The van der Waals surface area contributed by atoms with Crippen LogP contribution in [0.3, 0.4) is 0 Å². The lowest BCUT2D eigenvalue weighted by atomic mass is 10.0. The summed E-state index contributed by atoms with van der Waals surface area (Å²) in [4.78, 5) is 15.3. The van der Waals surface area contributed by atoms with Gasteiger partial charge >= 0.3 is 0 Å². The maximum atomic E-state index is 13.4. The van der Waals surface area contributed by atoms with Gasteiger partial charge in [-0.05, 0) is 43.2 Å². The normalized spacial score (nSPS) is 13.9. The summed E-state index contributed by atoms with van der Waals surface area (Å²) < 4.78 is 12.6. The lowest BCUT2D eigenvalue weighted by Gasteiger charge is -2.28. The summed E-state index contributed by atoms with van der Waals surface area (Å²) in [5.74, 6) is 1.21. The Hall–Kier alpha value is -3.54. The molecule has 1 fully saturated rings. The van der Waals surface area contributed by atoms with E-state index >= 15 is 0 Å². The second kappa shape index (κ2) is 8.45. The fraction of sp³-hybridized carbons (Fsp3) is 0.250. The van der Waals surface area contributed by atoms with Crippen LogP contribution >= 0.6 is 0 Å². The van der Waals surface area contributed by atoms with Gasteiger partial charge in [0.1, 0.15) is 5.69 Å². The highest BCUT2D eigenvalue weighted by Crippen LogP contribution is 2.34. The second-order valence-corrected chi connectivity index (χ2v) is 7.28. The van der Waals surface area contributed by atoms with Gasteiger partial charge in [0.2, 0.25) is 0 Å². The largest absolute Gasteiger partial charge is 0.493 e. The summed E-state index contributed by atoms with van der Waals surface area (Å²) in [6.45, 7) is 5.41. The number of nitrogens with zero attached hydrogens (tertiary/aromatic N) is 3. The molecule has 4 rings (SSSR count). The van der Waals surface area contributed by atoms with E-state index in [1.165, 1.54) is 5.57 Å². The second-order valence-electron chi connectivity index (χ2n) is 7.28. The van der Waals surface area contributed by atoms with Crippen molar-refractivity contribution in [1.82, 2.24) is 14.7 Å². The maximum absolute atomic E-state index is 13.4. The van der Waals surface area contributed by atoms with E-state index in [9.17, 15) is 4.79 Å². The molecule has 3 aromatic rings. The Morgan fingerprint density at radius 3 is 2.37 bits per heavy atom. The van der Waals surface area contributed by atoms with Crippen LogP contribution in [0.5, 0.6) is 11.5 Å². The van der Waals surface area contributed by atoms with Crippen LogP contribution < -0.4 is 9.47 Å². The number of para-hydroxylation sites is 1. The number of rotatable bonds is 5. The van der Waals surface area contributed by atoms with Gasteiger partial charge in [-0.15, -0.1) is 0 Å². The molecule has 1 aromatic heterocycles. The molecule has 1 aliphatic heterocycles. The highest BCUT2D eigenvalue weighted by molar-refractivity contribution is 6.00. The zero-order chi connectivity index (χ0) is 21.1. The van der Waals surface area contributed by atoms with Gasteiger partial charge in [0.25, 0.3) is 5.91 Å². The Bertz CT molecular complexity index is 1060. The van der Waals surface area contributed by atoms with Gasteiger partial charge in [0, 0.05) is 24.8 Å². The smallest absolute Gasteiger partial charge is 0.257 e. The predicted molar refractivity (Wildman–Crippen MR) is 116 cm³/mol. The number of methoxy groups -OCH3 is 2. The van der Waals surface area contributed by atoms with E-state index in [0.29, 0.717) is 35.8 Å². The molecule has 0 aliphatic carbocycles. The molecular formula is C24H25N3O3. The summed E-state index contributed by atoms with van der Waals surface area (Å²) in [6.07, 6.45) is 3.49. The van der Waals surface area contributed by atoms with Crippen molar-refractivity contribution in [3.63, 3.8) is 0 Å². The number of aromatic nitrogens is 2. The summed E-state index contributed by atoms with van der Waals surface area (Å²) in [5, 5.41) is 4.77. The van der Waals surface area contributed by atoms with Gasteiger partial charge in [-0.1, -0.05) is 30.4 Å². The van der Waals surface area contributed by atoms with Crippen LogP contribution in [0.15, 0.2) is 66.9 Å². The van der Waals surface area contributed by atoms with E-state index in [0.717, 1.165) is 24.1 Å². The number of piperidine rings is 1. The first-order valence-corrected chi connectivity index (χ1v) is 9.94. The molecule has 0 radical (unpaired) electrons. The third kappa shape index (κ3) is 3.81. The number of hydrogen-bond donors (Lipinski definition) is 0. The van der Waals surface area contributed by atoms with Crippen LogP contribution in [0.1, 0.15) is 23.2 Å². The maximum Gasteiger partial charge on any atom is 0.257 e. The van der Waals surface area contributed by atoms with Crippen molar-refractivity contribution in [2.75, 3.05) is 27.3 Å². The fourth-order valence-corrected chi connectivity index (χ4v) is 3.64. The minimum atomic E-state index is -0.0190. The van der Waals surface area contributed by atoms with Crippen molar-refractivity contribution in [1.29, 1.82) is 0 Å². The lowest BCUT2D eigenvalue weighted by molar-refractivity contribution is 0.0744. The van der Waals surface area contributed by atoms with Crippen LogP contribution in [-0.2, 0) is 0 Å². The first-order chi connectivity index (χ1) is 14.6. The van der Waals surface area contributed by atoms with Crippen LogP contribution in [-0.4, -0.2) is 47.9 Å². The van der Waals surface area contributed by atoms with E-state index < -0.39 is 0 Å². The Labute approximate surface area is 176 Å². The quantitative estimate of drug-likeness (QED) is 0.595. The highest BCUT2D eigenvalue weighted by Gasteiger charge is 2.26. The summed E-state index contributed by atoms with van der Waals surface area (Å²) >= 11 is 0. The van der Waals surface area contributed by atoms with Crippen molar-refractivity contribution in [3.8, 4) is 28.4 Å². The fourth-order valence-electron chi connectivity index (χ4n) is 3.64. The molecule has 0 spiro atoms. The summed E-state index contributed by atoms with van der Waals surface area (Å²) in [7, 11) is 3.19. The number of likely N-dealkylation sites (tertiary alicyclic amines) is 1. The van der Waals surface area contributed by atoms with Crippen LogP contribution in [0.25, 0.3) is 16.9 Å². The van der Waals surface area contributed by atoms with Gasteiger partial charge in [-0.2, -0.15) is 5.10 Å². The number of carbonyl (C=O) groups is 1. The SMILES string of the molecule is C=C1CCN(C(=O)c2cn(-c3ccccc3)nc2-c2ccc(OC)c(OC)c2)CC1. The molecule has 2 heterocycles. The van der Waals surface area contributed by atoms with E-state index in [1.807, 2.05) is 59.6 Å². The van der Waals surface area contributed by atoms with Crippen molar-refractivity contribution in [2.24, 2.45) is 0 Å². The van der Waals surface area contributed by atoms with Crippen LogP contribution in [0.2, 0.25) is 0 Å². The molecule has 0 N–H and O–H groups in total. The molecule has 0 bridgehead atoms. The molecule has 0 atom stereocenters. The minimum Gasteiger partial charge on any atom is -0.493 e. The topological polar surface area (TPSA) is 56.6 Å². The third-order valence-electron chi connectivity index (χ3n) is 5.38. The molecule has 1 saturated heterocycles. The van der Waals surface area contributed by atoms with Crippen molar-refractivity contribution < 1.29 is 14.3 Å². The molecule has 1 aliphatic rings. The molecule has 154 valence electrons.